The molecule has 1 unspecified atom stereocenters. The number of hydrogen-bond acceptors (Lipinski definition) is 8. The molecule has 2 aromatic rings. The molecule has 0 fully saturated rings. The molecule has 0 aromatic carbocycles. The molecule has 0 saturated carbocycles. The van der Waals surface area contributed by atoms with Crippen molar-refractivity contribution in [2.45, 2.75) is 19.5 Å². The van der Waals surface area contributed by atoms with Crippen LogP contribution in [-0.2, 0) is 23.1 Å². The summed E-state index contributed by atoms with van der Waals surface area (Å²) in [7, 11) is 4.73. The molecule has 1 atom stereocenters. The lowest BCUT2D eigenvalue weighted by Crippen LogP contribution is -2.30. The van der Waals surface area contributed by atoms with Crippen LogP contribution in [0.3, 0.4) is 0 Å². The quantitative estimate of drug-likeness (QED) is 0.612. The number of aromatic nitrogens is 6. The van der Waals surface area contributed by atoms with Crippen molar-refractivity contribution in [3.05, 3.63) is 18.0 Å². The van der Waals surface area contributed by atoms with E-state index in [1.807, 2.05) is 11.5 Å². The largest absolute Gasteiger partial charge is 0.483 e. The van der Waals surface area contributed by atoms with Crippen LogP contribution in [0.5, 0.6) is 6.01 Å². The topological polar surface area (TPSA) is 146 Å². The second-order valence-corrected chi connectivity index (χ2v) is 4.72. The van der Waals surface area contributed by atoms with Crippen LogP contribution in [0.15, 0.2) is 6.33 Å². The van der Waals surface area contributed by atoms with E-state index in [0.29, 0.717) is 19.0 Å². The Bertz CT molecular complexity index is 684. The molecule has 12 heteroatoms. The number of carboxylic acid groups (broad SMARTS) is 1. The molecular weight excluding hydrogens is 334 g/mol. The fourth-order valence-electron chi connectivity index (χ4n) is 1.93. The van der Waals surface area contributed by atoms with Crippen molar-refractivity contribution in [1.82, 2.24) is 34.8 Å². The maximum absolute atomic E-state index is 12.2. The van der Waals surface area contributed by atoms with Gasteiger partial charge in [0.05, 0.1) is 19.8 Å². The number of rotatable bonds is 7. The van der Waals surface area contributed by atoms with Gasteiger partial charge in [-0.05, 0) is 6.92 Å². The zero-order valence-corrected chi connectivity index (χ0v) is 14.4. The number of amides is 1. The Morgan fingerprint density at radius 2 is 2.16 bits per heavy atom. The van der Waals surface area contributed by atoms with Gasteiger partial charge in [-0.3, -0.25) is 9.59 Å². The molecule has 0 spiro atoms. The number of methoxy groups -OCH3 is 2. The summed E-state index contributed by atoms with van der Waals surface area (Å²) in [6.07, 6.45) is 1.60. The fraction of sp³-hybridized carbons (Fsp3) is 0.538. The van der Waals surface area contributed by atoms with E-state index in [1.165, 1.54) is 11.8 Å². The Morgan fingerprint density at radius 3 is 2.72 bits per heavy atom. The van der Waals surface area contributed by atoms with Crippen LogP contribution in [0.25, 0.3) is 0 Å². The lowest BCUT2D eigenvalue weighted by atomic mass is 10.3. The summed E-state index contributed by atoms with van der Waals surface area (Å²) in [4.78, 5) is 24.5. The minimum absolute atomic E-state index is 0.0363. The molecule has 2 aromatic heterocycles. The van der Waals surface area contributed by atoms with E-state index in [9.17, 15) is 4.79 Å². The number of carbonyl (C=O) groups excluding carboxylic acids is 1. The molecule has 0 radical (unpaired) electrons. The first kappa shape index (κ1) is 20.0. The minimum Gasteiger partial charge on any atom is -0.483 e. The summed E-state index contributed by atoms with van der Waals surface area (Å²) < 4.78 is 13.2. The zero-order valence-electron chi connectivity index (χ0n) is 14.4. The van der Waals surface area contributed by atoms with Gasteiger partial charge in [-0.1, -0.05) is 0 Å². The Labute approximate surface area is 143 Å². The normalized spacial score (nSPS) is 11.2. The van der Waals surface area contributed by atoms with E-state index in [-0.39, 0.29) is 24.3 Å². The molecule has 0 bridgehead atoms. The van der Waals surface area contributed by atoms with Gasteiger partial charge < -0.3 is 24.5 Å². The third-order valence-electron chi connectivity index (χ3n) is 3.03. The van der Waals surface area contributed by atoms with E-state index < -0.39 is 5.91 Å². The first-order valence-electron chi connectivity index (χ1n) is 7.18. The van der Waals surface area contributed by atoms with Gasteiger partial charge in [0.15, 0.2) is 5.82 Å². The van der Waals surface area contributed by atoms with Gasteiger partial charge in [0, 0.05) is 20.7 Å². The van der Waals surface area contributed by atoms with Gasteiger partial charge in [0.25, 0.3) is 12.4 Å². The minimum atomic E-state index is -0.410. The summed E-state index contributed by atoms with van der Waals surface area (Å²) >= 11 is 0. The molecule has 0 saturated heterocycles. The molecule has 0 aliphatic carbocycles. The highest BCUT2D eigenvalue weighted by Crippen LogP contribution is 2.11. The van der Waals surface area contributed by atoms with Gasteiger partial charge in [0.2, 0.25) is 5.82 Å². The third-order valence-corrected chi connectivity index (χ3v) is 3.03. The Kier molecular flexibility index (Phi) is 7.99. The second kappa shape index (κ2) is 9.97. The number of aryl methyl sites for hydroxylation is 1. The summed E-state index contributed by atoms with van der Waals surface area (Å²) in [5, 5.41) is 21.6. The van der Waals surface area contributed by atoms with Crippen LogP contribution in [0, 0.1) is 0 Å². The second-order valence-electron chi connectivity index (χ2n) is 4.72. The molecule has 0 aliphatic rings. The highest BCUT2D eigenvalue weighted by molar-refractivity contribution is 5.90. The molecular formula is C13H21N7O5. The molecule has 2 rings (SSSR count). The predicted molar refractivity (Wildman–Crippen MR) is 84.0 cm³/mol. The van der Waals surface area contributed by atoms with Crippen molar-refractivity contribution in [3.63, 3.8) is 0 Å². The number of ether oxygens (including phenoxy) is 2. The van der Waals surface area contributed by atoms with E-state index in [1.54, 1.807) is 20.5 Å². The first-order chi connectivity index (χ1) is 12.0. The van der Waals surface area contributed by atoms with Gasteiger partial charge in [-0.2, -0.15) is 4.98 Å². The average molecular weight is 355 g/mol. The highest BCUT2D eigenvalue weighted by Gasteiger charge is 2.20. The molecule has 2 N–H and O–H groups in total. The molecule has 25 heavy (non-hydrogen) atoms. The Balaban J connectivity index is 0.000000970. The van der Waals surface area contributed by atoms with Gasteiger partial charge >= 0.3 is 6.01 Å². The fourth-order valence-corrected chi connectivity index (χ4v) is 1.93. The molecule has 12 nitrogen and oxygen atoms in total. The van der Waals surface area contributed by atoms with Gasteiger partial charge in [0.1, 0.15) is 6.33 Å². The maximum Gasteiger partial charge on any atom is 0.314 e. The first-order valence-corrected chi connectivity index (χ1v) is 7.18. The lowest BCUT2D eigenvalue weighted by Gasteiger charge is -2.13. The summed E-state index contributed by atoms with van der Waals surface area (Å²) in [5.41, 5.74) is 0. The number of carbonyl (C=O) groups is 2. The smallest absolute Gasteiger partial charge is 0.314 e. The van der Waals surface area contributed by atoms with Crippen LogP contribution in [0.1, 0.15) is 29.4 Å². The van der Waals surface area contributed by atoms with Crippen molar-refractivity contribution >= 4 is 12.4 Å². The van der Waals surface area contributed by atoms with Crippen molar-refractivity contribution < 1.29 is 24.2 Å². The Morgan fingerprint density at radius 1 is 1.48 bits per heavy atom. The predicted octanol–water partition coefficient (Wildman–Crippen LogP) is -0.747. The van der Waals surface area contributed by atoms with Crippen molar-refractivity contribution in [3.8, 4) is 6.01 Å². The van der Waals surface area contributed by atoms with Crippen LogP contribution < -0.4 is 10.1 Å². The summed E-state index contributed by atoms with van der Waals surface area (Å²) in [5.74, 6) is 0.259. The zero-order chi connectivity index (χ0) is 18.8. The van der Waals surface area contributed by atoms with Crippen LogP contribution >= 0.6 is 0 Å². The van der Waals surface area contributed by atoms with E-state index >= 15 is 0 Å². The highest BCUT2D eigenvalue weighted by atomic mass is 16.5. The lowest BCUT2D eigenvalue weighted by molar-refractivity contribution is -0.122. The number of nitrogens with zero attached hydrogens (tertiary/aromatic N) is 6. The third kappa shape index (κ3) is 5.53. The van der Waals surface area contributed by atoms with E-state index in [0.717, 1.165) is 0 Å². The molecule has 138 valence electrons. The standard InChI is InChI=1S/C12H19N7O3.CH2O2/c1-8(10-16-13-7-19(10)5-6-21-3)14-11(20)9-15-12(22-4)18(2)17-9;2-1-3/h7-8H,5-6H2,1-4H3,(H,14,20);1H,(H,2,3). The van der Waals surface area contributed by atoms with Crippen molar-refractivity contribution in [2.75, 3.05) is 20.8 Å². The summed E-state index contributed by atoms with van der Waals surface area (Å²) in [6.45, 7) is 2.70. The van der Waals surface area contributed by atoms with Crippen molar-refractivity contribution in [1.29, 1.82) is 0 Å². The molecule has 2 heterocycles. The monoisotopic (exact) mass is 355 g/mol. The van der Waals surface area contributed by atoms with Gasteiger partial charge in [-0.15, -0.1) is 15.3 Å². The SMILES string of the molecule is COCCn1cnnc1C(C)NC(=O)c1nc(OC)n(C)n1.O=CO. The van der Waals surface area contributed by atoms with E-state index in [2.05, 4.69) is 25.6 Å². The number of nitrogens with one attached hydrogen (secondary N) is 1. The van der Waals surface area contributed by atoms with E-state index in [4.69, 9.17) is 19.4 Å². The molecule has 0 aliphatic heterocycles. The van der Waals surface area contributed by atoms with Gasteiger partial charge in [-0.25, -0.2) is 4.68 Å². The van der Waals surface area contributed by atoms with Crippen LogP contribution in [0.4, 0.5) is 0 Å². The Hall–Kier alpha value is -3.02. The van der Waals surface area contributed by atoms with Crippen molar-refractivity contribution in [2.24, 2.45) is 7.05 Å². The maximum atomic E-state index is 12.2. The number of hydrogen-bond donors (Lipinski definition) is 2. The summed E-state index contributed by atoms with van der Waals surface area (Å²) in [6, 6.07) is -0.0808. The molecule has 1 amide bonds. The average Bonchev–Trinajstić information content (AvgIpc) is 3.19. The van der Waals surface area contributed by atoms with Crippen LogP contribution in [-0.4, -0.2) is 67.8 Å². The van der Waals surface area contributed by atoms with Crippen LogP contribution in [0.2, 0.25) is 0 Å².